The second kappa shape index (κ2) is 5.94. The first-order chi connectivity index (χ1) is 9.00. The molecule has 0 aromatic carbocycles. The highest BCUT2D eigenvalue weighted by Gasteiger charge is 2.33. The first kappa shape index (κ1) is 14.4. The SMILES string of the molecule is C=CCNC(=NCC1CCS(=O)(=O)C1)NC1CC1C. The number of guanidine groups is 1. The smallest absolute Gasteiger partial charge is 0.191 e. The van der Waals surface area contributed by atoms with Crippen molar-refractivity contribution in [1.29, 1.82) is 0 Å². The van der Waals surface area contributed by atoms with Crippen molar-refractivity contribution in [2.24, 2.45) is 16.8 Å². The van der Waals surface area contributed by atoms with Crippen LogP contribution in [0.5, 0.6) is 0 Å². The van der Waals surface area contributed by atoms with Crippen LogP contribution in [0.15, 0.2) is 17.6 Å². The summed E-state index contributed by atoms with van der Waals surface area (Å²) in [5.74, 6) is 2.24. The lowest BCUT2D eigenvalue weighted by Crippen LogP contribution is -2.39. The zero-order chi connectivity index (χ0) is 13.9. The molecule has 108 valence electrons. The minimum Gasteiger partial charge on any atom is -0.353 e. The van der Waals surface area contributed by atoms with E-state index < -0.39 is 9.84 Å². The highest BCUT2D eigenvalue weighted by atomic mass is 32.2. The number of hydrogen-bond acceptors (Lipinski definition) is 3. The second-order valence-corrected chi connectivity index (χ2v) is 7.82. The zero-order valence-corrected chi connectivity index (χ0v) is 12.2. The molecule has 0 aromatic heterocycles. The minimum absolute atomic E-state index is 0.170. The number of hydrogen-bond donors (Lipinski definition) is 2. The summed E-state index contributed by atoms with van der Waals surface area (Å²) >= 11 is 0. The Balaban J connectivity index is 1.85. The van der Waals surface area contributed by atoms with Gasteiger partial charge in [0.1, 0.15) is 0 Å². The van der Waals surface area contributed by atoms with Crippen molar-refractivity contribution < 1.29 is 8.42 Å². The first-order valence-electron chi connectivity index (χ1n) is 6.86. The minimum atomic E-state index is -2.81. The van der Waals surface area contributed by atoms with Gasteiger partial charge in [0.05, 0.1) is 11.5 Å². The van der Waals surface area contributed by atoms with E-state index in [1.807, 2.05) is 0 Å². The Kier molecular flexibility index (Phi) is 4.50. The molecule has 2 N–H and O–H groups in total. The van der Waals surface area contributed by atoms with Crippen molar-refractivity contribution in [2.75, 3.05) is 24.6 Å². The maximum atomic E-state index is 11.4. The molecule has 0 amide bonds. The van der Waals surface area contributed by atoms with E-state index in [1.54, 1.807) is 6.08 Å². The van der Waals surface area contributed by atoms with Crippen LogP contribution in [-0.4, -0.2) is 45.0 Å². The van der Waals surface area contributed by atoms with Gasteiger partial charge in [0.25, 0.3) is 0 Å². The lowest BCUT2D eigenvalue weighted by molar-refractivity contribution is 0.589. The summed E-state index contributed by atoms with van der Waals surface area (Å²) in [6.45, 7) is 7.11. The van der Waals surface area contributed by atoms with E-state index in [1.165, 1.54) is 6.42 Å². The number of nitrogens with zero attached hydrogens (tertiary/aromatic N) is 1. The Morgan fingerprint density at radius 1 is 1.53 bits per heavy atom. The largest absolute Gasteiger partial charge is 0.353 e. The van der Waals surface area contributed by atoms with Gasteiger partial charge in [-0.05, 0) is 24.7 Å². The van der Waals surface area contributed by atoms with Gasteiger partial charge in [-0.25, -0.2) is 8.42 Å². The number of rotatable bonds is 5. The van der Waals surface area contributed by atoms with Gasteiger partial charge in [-0.15, -0.1) is 6.58 Å². The lowest BCUT2D eigenvalue weighted by atomic mass is 10.1. The third-order valence-corrected chi connectivity index (χ3v) is 5.52. The van der Waals surface area contributed by atoms with Gasteiger partial charge >= 0.3 is 0 Å². The molecule has 1 saturated carbocycles. The third kappa shape index (κ3) is 4.53. The Bertz CT molecular complexity index is 459. The average Bonchev–Trinajstić information content (AvgIpc) is 2.92. The fourth-order valence-electron chi connectivity index (χ4n) is 2.26. The van der Waals surface area contributed by atoms with E-state index in [4.69, 9.17) is 0 Å². The van der Waals surface area contributed by atoms with Gasteiger partial charge < -0.3 is 10.6 Å². The van der Waals surface area contributed by atoms with Crippen molar-refractivity contribution >= 4 is 15.8 Å². The van der Waals surface area contributed by atoms with E-state index >= 15 is 0 Å². The van der Waals surface area contributed by atoms with Crippen LogP contribution in [0.25, 0.3) is 0 Å². The Morgan fingerprint density at radius 2 is 2.26 bits per heavy atom. The van der Waals surface area contributed by atoms with E-state index in [0.29, 0.717) is 30.8 Å². The predicted octanol–water partition coefficient (Wildman–Crippen LogP) is 0.551. The Hall–Kier alpha value is -1.04. The summed E-state index contributed by atoms with van der Waals surface area (Å²) in [5.41, 5.74) is 0. The lowest BCUT2D eigenvalue weighted by Gasteiger charge is -2.12. The van der Waals surface area contributed by atoms with Crippen LogP contribution >= 0.6 is 0 Å². The summed E-state index contributed by atoms with van der Waals surface area (Å²) in [6, 6.07) is 0.503. The van der Waals surface area contributed by atoms with Crippen LogP contribution < -0.4 is 10.6 Å². The molecule has 0 spiro atoms. The third-order valence-electron chi connectivity index (χ3n) is 3.68. The van der Waals surface area contributed by atoms with Crippen LogP contribution in [0.1, 0.15) is 19.8 Å². The van der Waals surface area contributed by atoms with Crippen molar-refractivity contribution in [3.05, 3.63) is 12.7 Å². The second-order valence-electron chi connectivity index (χ2n) is 5.59. The van der Waals surface area contributed by atoms with Crippen LogP contribution in [0.4, 0.5) is 0 Å². The van der Waals surface area contributed by atoms with E-state index in [0.717, 1.165) is 12.4 Å². The molecule has 5 nitrogen and oxygen atoms in total. The van der Waals surface area contributed by atoms with Gasteiger partial charge in [-0.1, -0.05) is 13.0 Å². The molecular weight excluding hydrogens is 262 g/mol. The topological polar surface area (TPSA) is 70.6 Å². The molecule has 0 radical (unpaired) electrons. The molecule has 3 unspecified atom stereocenters. The van der Waals surface area contributed by atoms with Gasteiger partial charge in [0.2, 0.25) is 0 Å². The molecule has 0 aromatic rings. The summed E-state index contributed by atoms with van der Waals surface area (Å²) in [5, 5.41) is 6.54. The van der Waals surface area contributed by atoms with Crippen molar-refractivity contribution in [3.8, 4) is 0 Å². The molecule has 2 fully saturated rings. The normalized spacial score (nSPS) is 32.9. The van der Waals surface area contributed by atoms with Crippen molar-refractivity contribution in [2.45, 2.75) is 25.8 Å². The van der Waals surface area contributed by atoms with Crippen LogP contribution in [-0.2, 0) is 9.84 Å². The fraction of sp³-hybridized carbons (Fsp3) is 0.769. The Morgan fingerprint density at radius 3 is 2.79 bits per heavy atom. The maximum Gasteiger partial charge on any atom is 0.191 e. The summed E-state index contributed by atoms with van der Waals surface area (Å²) in [7, 11) is -2.81. The number of sulfone groups is 1. The molecule has 19 heavy (non-hydrogen) atoms. The summed E-state index contributed by atoms with van der Waals surface area (Å²) in [4.78, 5) is 4.51. The van der Waals surface area contributed by atoms with E-state index in [2.05, 4.69) is 29.1 Å². The van der Waals surface area contributed by atoms with Crippen molar-refractivity contribution in [1.82, 2.24) is 10.6 Å². The molecule has 1 aliphatic carbocycles. The van der Waals surface area contributed by atoms with Crippen LogP contribution in [0.3, 0.4) is 0 Å². The molecular formula is C13H23N3O2S. The molecule has 1 aliphatic heterocycles. The van der Waals surface area contributed by atoms with E-state index in [-0.39, 0.29) is 11.7 Å². The molecule has 0 bridgehead atoms. The standard InChI is InChI=1S/C13H23N3O2S/c1-3-5-14-13(16-12-7-10(12)2)15-8-11-4-6-19(17,18)9-11/h3,10-12H,1,4-9H2,2H3,(H2,14,15,16). The molecule has 2 rings (SSSR count). The molecule has 3 atom stereocenters. The highest BCUT2D eigenvalue weighted by Crippen LogP contribution is 2.28. The zero-order valence-electron chi connectivity index (χ0n) is 11.4. The van der Waals surface area contributed by atoms with Gasteiger partial charge in [-0.3, -0.25) is 4.99 Å². The van der Waals surface area contributed by atoms with E-state index in [9.17, 15) is 8.42 Å². The Labute approximate surface area is 115 Å². The van der Waals surface area contributed by atoms with Gasteiger partial charge in [0.15, 0.2) is 15.8 Å². The molecule has 6 heteroatoms. The van der Waals surface area contributed by atoms with Gasteiger partial charge in [0, 0.05) is 19.1 Å². The average molecular weight is 285 g/mol. The number of aliphatic imine (C=N–C) groups is 1. The predicted molar refractivity (Wildman–Crippen MR) is 78.0 cm³/mol. The highest BCUT2D eigenvalue weighted by molar-refractivity contribution is 7.91. The van der Waals surface area contributed by atoms with Gasteiger partial charge in [-0.2, -0.15) is 0 Å². The molecule has 1 heterocycles. The summed E-state index contributed by atoms with van der Waals surface area (Å²) in [6.07, 6.45) is 3.69. The molecule has 1 saturated heterocycles. The van der Waals surface area contributed by atoms with Crippen LogP contribution in [0.2, 0.25) is 0 Å². The van der Waals surface area contributed by atoms with Crippen molar-refractivity contribution in [3.63, 3.8) is 0 Å². The first-order valence-corrected chi connectivity index (χ1v) is 8.68. The molecule has 2 aliphatic rings. The number of nitrogens with one attached hydrogen (secondary N) is 2. The van der Waals surface area contributed by atoms with Crippen LogP contribution in [0, 0.1) is 11.8 Å². The fourth-order valence-corrected chi connectivity index (χ4v) is 4.11. The maximum absolute atomic E-state index is 11.4. The monoisotopic (exact) mass is 285 g/mol. The quantitative estimate of drug-likeness (QED) is 0.440. The summed E-state index contributed by atoms with van der Waals surface area (Å²) < 4.78 is 22.8.